The summed E-state index contributed by atoms with van der Waals surface area (Å²) in [4.78, 5) is 37.2. The Bertz CT molecular complexity index is 466. The highest BCUT2D eigenvalue weighted by Crippen LogP contribution is 2.11. The first-order valence-corrected chi connectivity index (χ1v) is 9.27. The van der Waals surface area contributed by atoms with Gasteiger partial charge in [-0.05, 0) is 32.2 Å². The molecule has 0 bridgehead atoms. The topological polar surface area (TPSA) is 148 Å². The van der Waals surface area contributed by atoms with Crippen LogP contribution in [0.25, 0.3) is 0 Å². The van der Waals surface area contributed by atoms with E-state index >= 15 is 0 Å². The molecule has 0 saturated carbocycles. The summed E-state index contributed by atoms with van der Waals surface area (Å²) in [7, 11) is 0. The monoisotopic (exact) mass is 372 g/mol. The van der Waals surface area contributed by atoms with Crippen LogP contribution in [0.5, 0.6) is 0 Å². The molecule has 0 aromatic rings. The second kappa shape index (κ2) is 12.0. The van der Waals surface area contributed by atoms with Crippen LogP contribution in [-0.4, -0.2) is 54.0 Å². The highest BCUT2D eigenvalue weighted by atomic mass is 16.3. The van der Waals surface area contributed by atoms with Crippen molar-refractivity contribution < 1.29 is 19.5 Å². The first-order valence-electron chi connectivity index (χ1n) is 9.27. The molecule has 0 radical (unpaired) electrons. The first kappa shape index (κ1) is 24.5. The standard InChI is InChI=1S/C18H36N4O4/c1-10(2)8-13(9-20)17(25)22-15(12(5)23)18(26)21-14(6-7-19)16(24)11(3)4/h10-15,23H,6-9,19-20H2,1-5H3,(H,21,26)(H,22,25)/t12?,13?,14-,15-/m0/s1. The minimum absolute atomic E-state index is 0.140. The molecular weight excluding hydrogens is 336 g/mol. The maximum absolute atomic E-state index is 12.6. The van der Waals surface area contributed by atoms with Gasteiger partial charge < -0.3 is 27.2 Å². The number of rotatable bonds is 12. The Kier molecular flexibility index (Phi) is 11.3. The normalized spacial score (nSPS) is 16.1. The molecular formula is C18H36N4O4. The minimum Gasteiger partial charge on any atom is -0.391 e. The Hall–Kier alpha value is -1.51. The predicted molar refractivity (Wildman–Crippen MR) is 101 cm³/mol. The van der Waals surface area contributed by atoms with Crippen molar-refractivity contribution in [3.63, 3.8) is 0 Å². The zero-order valence-corrected chi connectivity index (χ0v) is 16.6. The molecule has 0 aromatic carbocycles. The van der Waals surface area contributed by atoms with E-state index in [9.17, 15) is 19.5 Å². The molecule has 8 nitrogen and oxygen atoms in total. The van der Waals surface area contributed by atoms with Crippen molar-refractivity contribution in [1.29, 1.82) is 0 Å². The number of carbonyl (C=O) groups is 3. The number of carbonyl (C=O) groups excluding carboxylic acids is 3. The van der Waals surface area contributed by atoms with E-state index in [1.165, 1.54) is 6.92 Å². The van der Waals surface area contributed by atoms with Gasteiger partial charge in [-0.15, -0.1) is 0 Å². The molecule has 0 rings (SSSR count). The van der Waals surface area contributed by atoms with Gasteiger partial charge >= 0.3 is 0 Å². The zero-order chi connectivity index (χ0) is 20.4. The lowest BCUT2D eigenvalue weighted by atomic mass is 9.95. The maximum atomic E-state index is 12.6. The number of nitrogens with two attached hydrogens (primary N) is 2. The molecule has 2 unspecified atom stereocenters. The van der Waals surface area contributed by atoms with Gasteiger partial charge in [-0.2, -0.15) is 0 Å². The lowest BCUT2D eigenvalue weighted by Crippen LogP contribution is -2.57. The number of aliphatic hydroxyl groups excluding tert-OH is 1. The molecule has 0 spiro atoms. The third-order valence-electron chi connectivity index (χ3n) is 4.16. The Morgan fingerprint density at radius 3 is 1.92 bits per heavy atom. The molecule has 0 aromatic heterocycles. The third-order valence-corrected chi connectivity index (χ3v) is 4.16. The first-order chi connectivity index (χ1) is 12.0. The van der Waals surface area contributed by atoms with Crippen LogP contribution in [0.3, 0.4) is 0 Å². The van der Waals surface area contributed by atoms with Crippen molar-refractivity contribution in [1.82, 2.24) is 10.6 Å². The zero-order valence-electron chi connectivity index (χ0n) is 16.6. The Morgan fingerprint density at radius 1 is 0.962 bits per heavy atom. The van der Waals surface area contributed by atoms with Crippen LogP contribution in [0.1, 0.15) is 47.5 Å². The van der Waals surface area contributed by atoms with Crippen molar-refractivity contribution >= 4 is 17.6 Å². The number of ketones is 1. The summed E-state index contributed by atoms with van der Waals surface area (Å²) in [5.74, 6) is -1.57. The summed E-state index contributed by atoms with van der Waals surface area (Å²) in [5.41, 5.74) is 11.2. The average molecular weight is 373 g/mol. The Labute approximate surface area is 156 Å². The minimum atomic E-state index is -1.16. The van der Waals surface area contributed by atoms with E-state index < -0.39 is 30.0 Å². The van der Waals surface area contributed by atoms with E-state index in [2.05, 4.69) is 10.6 Å². The average Bonchev–Trinajstić information content (AvgIpc) is 2.55. The fourth-order valence-corrected chi connectivity index (χ4v) is 2.67. The largest absolute Gasteiger partial charge is 0.391 e. The fourth-order valence-electron chi connectivity index (χ4n) is 2.67. The number of hydrogen-bond acceptors (Lipinski definition) is 6. The second-order valence-electron chi connectivity index (χ2n) is 7.48. The molecule has 26 heavy (non-hydrogen) atoms. The van der Waals surface area contributed by atoms with E-state index in [1.54, 1.807) is 13.8 Å². The Balaban J connectivity index is 5.14. The second-order valence-corrected chi connectivity index (χ2v) is 7.48. The van der Waals surface area contributed by atoms with E-state index in [0.717, 1.165) is 0 Å². The summed E-state index contributed by atoms with van der Waals surface area (Å²) in [6, 6.07) is -1.91. The van der Waals surface area contributed by atoms with Gasteiger partial charge in [0.1, 0.15) is 6.04 Å². The molecule has 0 fully saturated rings. The maximum Gasteiger partial charge on any atom is 0.245 e. The smallest absolute Gasteiger partial charge is 0.245 e. The van der Waals surface area contributed by atoms with Gasteiger partial charge in [0.2, 0.25) is 11.8 Å². The summed E-state index contributed by atoms with van der Waals surface area (Å²) >= 11 is 0. The van der Waals surface area contributed by atoms with Crippen LogP contribution >= 0.6 is 0 Å². The Morgan fingerprint density at radius 2 is 1.54 bits per heavy atom. The molecule has 4 atom stereocenters. The van der Waals surface area contributed by atoms with Crippen LogP contribution in [-0.2, 0) is 14.4 Å². The number of Topliss-reactive ketones (excluding diaryl/α,β-unsaturated/α-hetero) is 1. The summed E-state index contributed by atoms with van der Waals surface area (Å²) in [6.07, 6.45) is -0.246. The van der Waals surface area contributed by atoms with Gasteiger partial charge in [-0.1, -0.05) is 27.7 Å². The van der Waals surface area contributed by atoms with Gasteiger partial charge in [0, 0.05) is 12.5 Å². The lowest BCUT2D eigenvalue weighted by molar-refractivity contribution is -0.135. The lowest BCUT2D eigenvalue weighted by Gasteiger charge is -2.27. The molecule has 0 aliphatic rings. The molecule has 0 aliphatic carbocycles. The summed E-state index contributed by atoms with van der Waals surface area (Å²) < 4.78 is 0. The van der Waals surface area contributed by atoms with Crippen molar-refractivity contribution in [3.05, 3.63) is 0 Å². The highest BCUT2D eigenvalue weighted by Gasteiger charge is 2.31. The van der Waals surface area contributed by atoms with Gasteiger partial charge in [0.15, 0.2) is 5.78 Å². The van der Waals surface area contributed by atoms with Gasteiger partial charge in [0.25, 0.3) is 0 Å². The van der Waals surface area contributed by atoms with Gasteiger partial charge in [0.05, 0.1) is 18.1 Å². The molecule has 0 aliphatic heterocycles. The van der Waals surface area contributed by atoms with Crippen molar-refractivity contribution in [2.45, 2.75) is 65.6 Å². The number of nitrogens with one attached hydrogen (secondary N) is 2. The van der Waals surface area contributed by atoms with E-state index in [0.29, 0.717) is 12.8 Å². The summed E-state index contributed by atoms with van der Waals surface area (Å²) in [6.45, 7) is 9.23. The van der Waals surface area contributed by atoms with E-state index in [4.69, 9.17) is 11.5 Å². The molecule has 152 valence electrons. The molecule has 0 saturated heterocycles. The van der Waals surface area contributed by atoms with E-state index in [1.807, 2.05) is 13.8 Å². The SMILES string of the molecule is CC(C)CC(CN)C(=O)N[C@H](C(=O)N[C@@H](CCN)C(=O)C(C)C)C(C)O. The molecule has 8 heteroatoms. The summed E-state index contributed by atoms with van der Waals surface area (Å²) in [5, 5.41) is 15.1. The molecule has 7 N–H and O–H groups in total. The van der Waals surface area contributed by atoms with Gasteiger partial charge in [-0.25, -0.2) is 0 Å². The van der Waals surface area contributed by atoms with Crippen LogP contribution in [0.4, 0.5) is 0 Å². The number of amides is 2. The van der Waals surface area contributed by atoms with Crippen LogP contribution in [0, 0.1) is 17.8 Å². The van der Waals surface area contributed by atoms with Crippen LogP contribution in [0.15, 0.2) is 0 Å². The molecule has 0 heterocycles. The van der Waals surface area contributed by atoms with Crippen molar-refractivity contribution in [2.75, 3.05) is 13.1 Å². The van der Waals surface area contributed by atoms with Crippen LogP contribution < -0.4 is 22.1 Å². The predicted octanol–water partition coefficient (Wildman–Crippen LogP) is -0.468. The highest BCUT2D eigenvalue weighted by molar-refractivity contribution is 5.94. The van der Waals surface area contributed by atoms with Crippen molar-refractivity contribution in [2.24, 2.45) is 29.2 Å². The van der Waals surface area contributed by atoms with Gasteiger partial charge in [-0.3, -0.25) is 14.4 Å². The molecule has 2 amide bonds. The quantitative estimate of drug-likeness (QED) is 0.313. The van der Waals surface area contributed by atoms with E-state index in [-0.39, 0.29) is 36.6 Å². The van der Waals surface area contributed by atoms with Crippen LogP contribution in [0.2, 0.25) is 0 Å². The number of aliphatic hydroxyl groups is 1. The number of hydrogen-bond donors (Lipinski definition) is 5. The van der Waals surface area contributed by atoms with Crippen molar-refractivity contribution in [3.8, 4) is 0 Å². The third kappa shape index (κ3) is 8.25. The fraction of sp³-hybridized carbons (Fsp3) is 0.833.